The summed E-state index contributed by atoms with van der Waals surface area (Å²) in [6.07, 6.45) is 7.94. The van der Waals surface area contributed by atoms with Gasteiger partial charge < -0.3 is 10.6 Å². The molecule has 1 unspecified atom stereocenters. The van der Waals surface area contributed by atoms with Gasteiger partial charge in [-0.15, -0.1) is 22.7 Å². The topological polar surface area (TPSA) is 37.0 Å². The number of nitrogens with zero attached hydrogens (tertiary/aromatic N) is 1. The van der Waals surface area contributed by atoms with Crippen LogP contribution in [0.1, 0.15) is 69.1 Å². The Bertz CT molecular complexity index is 957. The lowest BCUT2D eigenvalue weighted by molar-refractivity contribution is 0.259. The standard InChI is InChI=1S/C22H29N3S3/c1-21(2,3)13-22(4,5)25-18-17(16-11-8-12-26-16)24-20(28-18)19-23-14-9-6-7-10-15(14)27-19/h8-12,20,24-25H,6-7,13H2,1-5H3. The van der Waals surface area contributed by atoms with Gasteiger partial charge in [-0.2, -0.15) is 0 Å². The van der Waals surface area contributed by atoms with Crippen LogP contribution in [-0.2, 0) is 0 Å². The zero-order valence-corrected chi connectivity index (χ0v) is 19.7. The van der Waals surface area contributed by atoms with Crippen molar-refractivity contribution in [1.29, 1.82) is 0 Å². The van der Waals surface area contributed by atoms with Crippen LogP contribution in [0.3, 0.4) is 0 Å². The molecule has 0 radical (unpaired) electrons. The summed E-state index contributed by atoms with van der Waals surface area (Å²) in [7, 11) is 0. The van der Waals surface area contributed by atoms with E-state index < -0.39 is 0 Å². The maximum atomic E-state index is 4.94. The van der Waals surface area contributed by atoms with Crippen molar-refractivity contribution in [1.82, 2.24) is 15.6 Å². The van der Waals surface area contributed by atoms with E-state index in [1.807, 2.05) is 23.1 Å². The minimum Gasteiger partial charge on any atom is -0.373 e. The third-order valence-electron chi connectivity index (χ3n) is 4.69. The molecule has 1 atom stereocenters. The molecular weight excluding hydrogens is 402 g/mol. The lowest BCUT2D eigenvalue weighted by Crippen LogP contribution is -2.41. The van der Waals surface area contributed by atoms with Crippen molar-refractivity contribution in [3.8, 4) is 0 Å². The number of aromatic nitrogens is 1. The Hall–Kier alpha value is -1.24. The van der Waals surface area contributed by atoms with E-state index in [1.165, 1.54) is 30.5 Å². The predicted molar refractivity (Wildman–Crippen MR) is 126 cm³/mol. The molecule has 3 nitrogen and oxygen atoms in total. The third kappa shape index (κ3) is 4.50. The van der Waals surface area contributed by atoms with E-state index in [-0.39, 0.29) is 16.3 Å². The van der Waals surface area contributed by atoms with Crippen LogP contribution in [0.25, 0.3) is 17.8 Å². The number of nitrogens with one attached hydrogen (secondary N) is 2. The van der Waals surface area contributed by atoms with Gasteiger partial charge in [-0.1, -0.05) is 50.8 Å². The van der Waals surface area contributed by atoms with Gasteiger partial charge in [0.05, 0.1) is 25.5 Å². The maximum Gasteiger partial charge on any atom is 0.131 e. The van der Waals surface area contributed by atoms with E-state index in [0.29, 0.717) is 0 Å². The molecule has 3 heterocycles. The Morgan fingerprint density at radius 2 is 1.96 bits per heavy atom. The van der Waals surface area contributed by atoms with Crippen molar-refractivity contribution in [3.05, 3.63) is 42.3 Å². The van der Waals surface area contributed by atoms with Gasteiger partial charge in [0.25, 0.3) is 0 Å². The number of thiophene rings is 1. The first kappa shape index (κ1) is 20.0. The van der Waals surface area contributed by atoms with Crippen molar-refractivity contribution in [3.63, 3.8) is 0 Å². The average Bonchev–Trinajstić information content (AvgIpc) is 3.30. The molecule has 2 aromatic rings. The second-order valence-corrected chi connectivity index (χ2v) is 12.5. The second kappa shape index (κ2) is 7.54. The minimum absolute atomic E-state index is 0.0172. The number of hydrogen-bond donors (Lipinski definition) is 2. The fourth-order valence-corrected chi connectivity index (χ4v) is 7.34. The van der Waals surface area contributed by atoms with Crippen molar-refractivity contribution in [2.75, 3.05) is 0 Å². The minimum atomic E-state index is 0.0172. The number of thiazole rings is 1. The van der Waals surface area contributed by atoms with Crippen molar-refractivity contribution in [2.24, 2.45) is 5.41 Å². The van der Waals surface area contributed by atoms with Crippen LogP contribution in [0.5, 0.6) is 0 Å². The van der Waals surface area contributed by atoms with E-state index >= 15 is 0 Å². The summed E-state index contributed by atoms with van der Waals surface area (Å²) in [6.45, 7) is 11.5. The zero-order chi connectivity index (χ0) is 19.9. The smallest absolute Gasteiger partial charge is 0.131 e. The molecule has 1 aliphatic heterocycles. The van der Waals surface area contributed by atoms with Crippen LogP contribution >= 0.6 is 34.4 Å². The Morgan fingerprint density at radius 3 is 2.64 bits per heavy atom. The molecule has 6 heteroatoms. The van der Waals surface area contributed by atoms with Crippen molar-refractivity contribution >= 4 is 52.3 Å². The fourth-order valence-electron chi connectivity index (χ4n) is 4.09. The monoisotopic (exact) mass is 431 g/mol. The second-order valence-electron chi connectivity index (χ2n) is 9.36. The number of rotatable bonds is 5. The SMILES string of the molecule is CC(C)(C)CC(C)(C)NC1=C(c2cccs2)NC(c2nc3c(s2)=CCCC=3)S1. The molecule has 0 aromatic carbocycles. The summed E-state index contributed by atoms with van der Waals surface area (Å²) < 4.78 is 1.33. The highest BCUT2D eigenvalue weighted by atomic mass is 32.2. The molecule has 2 aliphatic rings. The number of thioether (sulfide) groups is 1. The van der Waals surface area contributed by atoms with Crippen molar-refractivity contribution in [2.45, 2.75) is 64.8 Å². The maximum absolute atomic E-state index is 4.94. The molecular formula is C22H29N3S3. The lowest BCUT2D eigenvalue weighted by atomic mass is 9.82. The van der Waals surface area contributed by atoms with Gasteiger partial charge in [-0.25, -0.2) is 4.98 Å². The number of fused-ring (bicyclic) bond motifs is 1. The van der Waals surface area contributed by atoms with Gasteiger partial charge in [-0.05, 0) is 50.0 Å². The Morgan fingerprint density at radius 1 is 1.18 bits per heavy atom. The molecule has 0 spiro atoms. The van der Waals surface area contributed by atoms with Crippen LogP contribution in [0.2, 0.25) is 0 Å². The van der Waals surface area contributed by atoms with E-state index in [4.69, 9.17) is 4.98 Å². The largest absolute Gasteiger partial charge is 0.373 e. The molecule has 0 saturated carbocycles. The first-order chi connectivity index (χ1) is 13.2. The normalized spacial score (nSPS) is 19.7. The number of hydrogen-bond acceptors (Lipinski definition) is 6. The summed E-state index contributed by atoms with van der Waals surface area (Å²) in [5, 5.41) is 13.5. The Balaban J connectivity index is 1.62. The molecule has 0 bridgehead atoms. The zero-order valence-electron chi connectivity index (χ0n) is 17.3. The van der Waals surface area contributed by atoms with E-state index in [2.05, 4.69) is 74.9 Å². The van der Waals surface area contributed by atoms with Gasteiger partial charge >= 0.3 is 0 Å². The van der Waals surface area contributed by atoms with Crippen LogP contribution in [-0.4, -0.2) is 10.5 Å². The first-order valence-electron chi connectivity index (χ1n) is 9.87. The summed E-state index contributed by atoms with van der Waals surface area (Å²) in [4.78, 5) is 6.22. The molecule has 28 heavy (non-hydrogen) atoms. The summed E-state index contributed by atoms with van der Waals surface area (Å²) >= 11 is 5.48. The fraction of sp³-hybridized carbons (Fsp3) is 0.500. The summed E-state index contributed by atoms with van der Waals surface area (Å²) in [6, 6.07) is 4.32. The van der Waals surface area contributed by atoms with Crippen LogP contribution in [0.4, 0.5) is 0 Å². The van der Waals surface area contributed by atoms with Crippen LogP contribution < -0.4 is 20.5 Å². The Kier molecular flexibility index (Phi) is 5.40. The average molecular weight is 432 g/mol. The molecule has 2 N–H and O–H groups in total. The van der Waals surface area contributed by atoms with E-state index in [1.54, 1.807) is 11.3 Å². The summed E-state index contributed by atoms with van der Waals surface area (Å²) in [5.74, 6) is 0. The van der Waals surface area contributed by atoms with Gasteiger partial charge in [0.1, 0.15) is 10.4 Å². The molecule has 0 amide bonds. The van der Waals surface area contributed by atoms with Gasteiger partial charge in [0.2, 0.25) is 0 Å². The molecule has 1 aliphatic carbocycles. The van der Waals surface area contributed by atoms with Gasteiger partial charge in [0, 0.05) is 5.54 Å². The highest BCUT2D eigenvalue weighted by molar-refractivity contribution is 8.03. The highest BCUT2D eigenvalue weighted by Gasteiger charge is 2.33. The molecule has 4 rings (SSSR count). The molecule has 2 aromatic heterocycles. The van der Waals surface area contributed by atoms with Gasteiger partial charge in [-0.3, -0.25) is 0 Å². The molecule has 0 saturated heterocycles. The van der Waals surface area contributed by atoms with Gasteiger partial charge in [0.15, 0.2) is 0 Å². The highest BCUT2D eigenvalue weighted by Crippen LogP contribution is 2.44. The molecule has 150 valence electrons. The van der Waals surface area contributed by atoms with Crippen LogP contribution in [0.15, 0.2) is 22.5 Å². The van der Waals surface area contributed by atoms with Crippen molar-refractivity contribution < 1.29 is 0 Å². The summed E-state index contributed by atoms with van der Waals surface area (Å²) in [5.41, 5.74) is 1.51. The lowest BCUT2D eigenvalue weighted by Gasteiger charge is -2.34. The van der Waals surface area contributed by atoms with Crippen LogP contribution in [0, 0.1) is 5.41 Å². The van der Waals surface area contributed by atoms with E-state index in [0.717, 1.165) is 19.3 Å². The molecule has 0 fully saturated rings. The Labute approximate surface area is 180 Å². The van der Waals surface area contributed by atoms with E-state index in [9.17, 15) is 0 Å². The quantitative estimate of drug-likeness (QED) is 0.697. The first-order valence-corrected chi connectivity index (χ1v) is 12.4. The third-order valence-corrected chi connectivity index (χ3v) is 7.97. The predicted octanol–water partition coefficient (Wildman–Crippen LogP) is 5.03.